The highest BCUT2D eigenvalue weighted by Gasteiger charge is 2.12. The van der Waals surface area contributed by atoms with Crippen molar-refractivity contribution < 1.29 is 4.79 Å². The van der Waals surface area contributed by atoms with E-state index in [-0.39, 0.29) is 5.78 Å². The summed E-state index contributed by atoms with van der Waals surface area (Å²) >= 11 is 0. The molecule has 0 unspecified atom stereocenters. The van der Waals surface area contributed by atoms with Gasteiger partial charge in [0.05, 0.1) is 5.56 Å². The van der Waals surface area contributed by atoms with Gasteiger partial charge in [-0.1, -0.05) is 50.0 Å². The van der Waals surface area contributed by atoms with Crippen LogP contribution in [0.25, 0.3) is 16.8 Å². The highest BCUT2D eigenvalue weighted by atomic mass is 16.1. The minimum absolute atomic E-state index is 0.0818. The van der Waals surface area contributed by atoms with Crippen LogP contribution in [0, 0.1) is 11.8 Å². The van der Waals surface area contributed by atoms with Crippen molar-refractivity contribution in [3.05, 3.63) is 77.6 Å². The Balaban J connectivity index is 2.02. The number of ketones is 1. The average Bonchev–Trinajstić information content (AvgIpc) is 3.13. The molecule has 0 saturated heterocycles. The number of carbonyl (C=O) groups is 1. The van der Waals surface area contributed by atoms with E-state index in [1.165, 1.54) is 30.4 Å². The maximum atomic E-state index is 11.5. The van der Waals surface area contributed by atoms with Crippen LogP contribution in [0.5, 0.6) is 0 Å². The van der Waals surface area contributed by atoms with Crippen LogP contribution < -0.4 is 0 Å². The fourth-order valence-electron chi connectivity index (χ4n) is 3.49. The first-order chi connectivity index (χ1) is 13.6. The van der Waals surface area contributed by atoms with Gasteiger partial charge in [-0.25, -0.2) is 0 Å². The molecule has 3 aromatic rings. The van der Waals surface area contributed by atoms with Gasteiger partial charge in [0.25, 0.3) is 0 Å². The van der Waals surface area contributed by atoms with Gasteiger partial charge >= 0.3 is 0 Å². The summed E-state index contributed by atoms with van der Waals surface area (Å²) in [5.41, 5.74) is 6.58. The zero-order valence-corrected chi connectivity index (χ0v) is 17.0. The van der Waals surface area contributed by atoms with Crippen LogP contribution in [0.1, 0.15) is 61.5 Å². The maximum absolute atomic E-state index is 11.5. The number of aromatic nitrogens is 1. The molecule has 1 heterocycles. The maximum Gasteiger partial charge on any atom is 0.159 e. The number of nitrogens with zero attached hydrogens (tertiary/aromatic N) is 1. The van der Waals surface area contributed by atoms with Gasteiger partial charge in [0.2, 0.25) is 0 Å². The van der Waals surface area contributed by atoms with Gasteiger partial charge in [-0.05, 0) is 62.1 Å². The number of unbranched alkanes of at least 4 members (excludes halogenated alkanes) is 2. The Kier molecular flexibility index (Phi) is 6.50. The number of carbonyl (C=O) groups excluding carboxylic acids is 1. The van der Waals surface area contributed by atoms with Crippen molar-refractivity contribution in [1.82, 2.24) is 4.57 Å². The fourth-order valence-corrected chi connectivity index (χ4v) is 3.49. The summed E-state index contributed by atoms with van der Waals surface area (Å²) < 4.78 is 2.10. The summed E-state index contributed by atoms with van der Waals surface area (Å²) in [4.78, 5) is 11.5. The monoisotopic (exact) mass is 369 g/mol. The molecule has 142 valence electrons. The Morgan fingerprint density at radius 3 is 2.39 bits per heavy atom. The summed E-state index contributed by atoms with van der Waals surface area (Å²) in [6.07, 6.45) is 9.00. The second-order valence-corrected chi connectivity index (χ2v) is 7.09. The molecule has 1 aromatic heterocycles. The molecule has 0 bridgehead atoms. The SMILES string of the molecule is CC#Cc1cn(-c2ccc(C(C)=O)cc2)cc1-c1ccccc1CCCCC. The Hall–Kier alpha value is -3.05. The predicted molar refractivity (Wildman–Crippen MR) is 117 cm³/mol. The van der Waals surface area contributed by atoms with Gasteiger partial charge in [0, 0.05) is 29.2 Å². The van der Waals surface area contributed by atoms with Gasteiger partial charge in [-0.3, -0.25) is 4.79 Å². The third kappa shape index (κ3) is 4.43. The fraction of sp³-hybridized carbons (Fsp3) is 0.269. The lowest BCUT2D eigenvalue weighted by molar-refractivity contribution is 0.101. The van der Waals surface area contributed by atoms with E-state index in [0.717, 1.165) is 28.8 Å². The summed E-state index contributed by atoms with van der Waals surface area (Å²) in [5.74, 6) is 6.39. The van der Waals surface area contributed by atoms with E-state index in [4.69, 9.17) is 0 Å². The Bertz CT molecular complexity index is 1010. The van der Waals surface area contributed by atoms with Gasteiger partial charge in [0.1, 0.15) is 0 Å². The van der Waals surface area contributed by atoms with Crippen LogP contribution in [-0.4, -0.2) is 10.4 Å². The Morgan fingerprint density at radius 1 is 0.964 bits per heavy atom. The third-order valence-electron chi connectivity index (χ3n) is 5.02. The van der Waals surface area contributed by atoms with Crippen LogP contribution in [0.2, 0.25) is 0 Å². The van der Waals surface area contributed by atoms with Crippen LogP contribution in [0.15, 0.2) is 60.9 Å². The third-order valence-corrected chi connectivity index (χ3v) is 5.02. The minimum atomic E-state index is 0.0818. The standard InChI is InChI=1S/C26H27NO/c1-4-6-7-11-22-12-8-9-13-25(22)26-19-27(18-23(26)10-5-2)24-16-14-21(15-17-24)20(3)28/h8-9,12-19H,4,6-7,11H2,1-3H3. The summed E-state index contributed by atoms with van der Waals surface area (Å²) in [7, 11) is 0. The Labute approximate surface area is 168 Å². The number of hydrogen-bond donors (Lipinski definition) is 0. The summed E-state index contributed by atoms with van der Waals surface area (Å²) in [5, 5.41) is 0. The van der Waals surface area contributed by atoms with Crippen molar-refractivity contribution in [3.63, 3.8) is 0 Å². The minimum Gasteiger partial charge on any atom is -0.322 e. The molecule has 0 aliphatic carbocycles. The molecule has 2 heteroatoms. The van der Waals surface area contributed by atoms with E-state index < -0.39 is 0 Å². The zero-order valence-electron chi connectivity index (χ0n) is 17.0. The van der Waals surface area contributed by atoms with E-state index in [0.29, 0.717) is 0 Å². The van der Waals surface area contributed by atoms with Crippen molar-refractivity contribution in [2.45, 2.75) is 46.5 Å². The molecular formula is C26H27NO. The second-order valence-electron chi connectivity index (χ2n) is 7.09. The first-order valence-corrected chi connectivity index (χ1v) is 9.98. The zero-order chi connectivity index (χ0) is 19.9. The normalized spacial score (nSPS) is 10.4. The molecule has 0 saturated carbocycles. The molecule has 0 amide bonds. The highest BCUT2D eigenvalue weighted by Crippen LogP contribution is 2.30. The number of hydrogen-bond acceptors (Lipinski definition) is 1. The van der Waals surface area contributed by atoms with Crippen molar-refractivity contribution in [2.24, 2.45) is 0 Å². The Morgan fingerprint density at radius 2 is 1.71 bits per heavy atom. The number of aryl methyl sites for hydroxylation is 1. The van der Waals surface area contributed by atoms with E-state index in [1.807, 2.05) is 31.2 Å². The van der Waals surface area contributed by atoms with E-state index in [2.05, 4.69) is 60.0 Å². The largest absolute Gasteiger partial charge is 0.322 e. The van der Waals surface area contributed by atoms with Crippen LogP contribution in [0.4, 0.5) is 0 Å². The molecule has 0 aliphatic rings. The summed E-state index contributed by atoms with van der Waals surface area (Å²) in [6, 6.07) is 16.4. The molecular weight excluding hydrogens is 342 g/mol. The molecule has 0 spiro atoms. The van der Waals surface area contributed by atoms with Crippen molar-refractivity contribution in [2.75, 3.05) is 0 Å². The molecule has 2 aromatic carbocycles. The van der Waals surface area contributed by atoms with Crippen LogP contribution in [-0.2, 0) is 6.42 Å². The van der Waals surface area contributed by atoms with Gasteiger partial charge < -0.3 is 4.57 Å². The molecule has 0 N–H and O–H groups in total. The molecule has 0 radical (unpaired) electrons. The van der Waals surface area contributed by atoms with Crippen LogP contribution >= 0.6 is 0 Å². The number of Topliss-reactive ketones (excluding diaryl/α,β-unsaturated/α-hetero) is 1. The first-order valence-electron chi connectivity index (χ1n) is 9.98. The molecule has 28 heavy (non-hydrogen) atoms. The van der Waals surface area contributed by atoms with Crippen molar-refractivity contribution in [1.29, 1.82) is 0 Å². The molecule has 3 rings (SSSR count). The molecule has 0 aliphatic heterocycles. The topological polar surface area (TPSA) is 22.0 Å². The lowest BCUT2D eigenvalue weighted by atomic mass is 9.95. The van der Waals surface area contributed by atoms with Gasteiger partial charge in [-0.2, -0.15) is 0 Å². The van der Waals surface area contributed by atoms with E-state index in [9.17, 15) is 4.79 Å². The molecule has 2 nitrogen and oxygen atoms in total. The first kappa shape index (κ1) is 19.7. The van der Waals surface area contributed by atoms with E-state index >= 15 is 0 Å². The van der Waals surface area contributed by atoms with Crippen LogP contribution in [0.3, 0.4) is 0 Å². The highest BCUT2D eigenvalue weighted by molar-refractivity contribution is 5.94. The van der Waals surface area contributed by atoms with E-state index in [1.54, 1.807) is 6.92 Å². The quantitative estimate of drug-likeness (QED) is 0.266. The lowest BCUT2D eigenvalue weighted by Crippen LogP contribution is -1.94. The smallest absolute Gasteiger partial charge is 0.159 e. The molecule has 0 atom stereocenters. The number of rotatable bonds is 7. The van der Waals surface area contributed by atoms with Gasteiger partial charge in [0.15, 0.2) is 5.78 Å². The van der Waals surface area contributed by atoms with Gasteiger partial charge in [-0.15, -0.1) is 5.92 Å². The lowest BCUT2D eigenvalue weighted by Gasteiger charge is -2.09. The summed E-state index contributed by atoms with van der Waals surface area (Å²) in [6.45, 7) is 5.70. The molecule has 0 fully saturated rings. The van der Waals surface area contributed by atoms with Crippen molar-refractivity contribution in [3.8, 4) is 28.7 Å². The predicted octanol–water partition coefficient (Wildman–Crippen LogP) is 6.45. The number of benzene rings is 2. The second kappa shape index (κ2) is 9.24. The van der Waals surface area contributed by atoms with Crippen molar-refractivity contribution >= 4 is 5.78 Å². The average molecular weight is 370 g/mol.